The number of hydrogen-bond acceptors (Lipinski definition) is 2. The largest absolute Gasteiger partial charge is 0.316 e. The molecule has 0 aromatic heterocycles. The SMILES string of the molecule is CCCC1CCCN(CC2(CCC)CCNC2)CC1. The van der Waals surface area contributed by atoms with Gasteiger partial charge in [-0.3, -0.25) is 0 Å². The van der Waals surface area contributed by atoms with E-state index in [4.69, 9.17) is 0 Å². The Kier molecular flexibility index (Phi) is 6.15. The number of likely N-dealkylation sites (tertiary alicyclic amines) is 1. The van der Waals surface area contributed by atoms with Crippen LogP contribution < -0.4 is 5.32 Å². The van der Waals surface area contributed by atoms with Crippen molar-refractivity contribution >= 4 is 0 Å². The van der Waals surface area contributed by atoms with Gasteiger partial charge in [-0.25, -0.2) is 0 Å². The predicted octanol–water partition coefficient (Wildman–Crippen LogP) is 3.67. The zero-order chi connectivity index (χ0) is 13.6. The molecule has 2 fully saturated rings. The first kappa shape index (κ1) is 15.3. The molecular formula is C17H34N2. The summed E-state index contributed by atoms with van der Waals surface area (Å²) >= 11 is 0. The molecule has 0 aliphatic carbocycles. The monoisotopic (exact) mass is 266 g/mol. The molecule has 0 spiro atoms. The van der Waals surface area contributed by atoms with Crippen LogP contribution in [-0.4, -0.2) is 37.6 Å². The van der Waals surface area contributed by atoms with Crippen molar-refractivity contribution in [3.05, 3.63) is 0 Å². The Morgan fingerprint density at radius 1 is 1.16 bits per heavy atom. The van der Waals surface area contributed by atoms with Gasteiger partial charge in [0.2, 0.25) is 0 Å². The number of nitrogens with one attached hydrogen (secondary N) is 1. The van der Waals surface area contributed by atoms with Gasteiger partial charge in [0.1, 0.15) is 0 Å². The maximum Gasteiger partial charge on any atom is 0.00506 e. The molecule has 2 nitrogen and oxygen atoms in total. The molecule has 0 radical (unpaired) electrons. The van der Waals surface area contributed by atoms with Crippen molar-refractivity contribution in [3.63, 3.8) is 0 Å². The summed E-state index contributed by atoms with van der Waals surface area (Å²) in [5.74, 6) is 1.01. The van der Waals surface area contributed by atoms with Crippen LogP contribution in [0.3, 0.4) is 0 Å². The molecular weight excluding hydrogens is 232 g/mol. The lowest BCUT2D eigenvalue weighted by Crippen LogP contribution is -2.40. The summed E-state index contributed by atoms with van der Waals surface area (Å²) < 4.78 is 0. The van der Waals surface area contributed by atoms with Gasteiger partial charge in [-0.1, -0.05) is 33.1 Å². The zero-order valence-electron chi connectivity index (χ0n) is 13.2. The van der Waals surface area contributed by atoms with Gasteiger partial charge in [0.05, 0.1) is 0 Å². The first-order valence-corrected chi connectivity index (χ1v) is 8.71. The molecule has 2 atom stereocenters. The van der Waals surface area contributed by atoms with E-state index in [0.717, 1.165) is 5.92 Å². The fourth-order valence-corrected chi connectivity index (χ4v) is 4.31. The van der Waals surface area contributed by atoms with Gasteiger partial charge in [0, 0.05) is 13.1 Å². The molecule has 2 heteroatoms. The van der Waals surface area contributed by atoms with E-state index in [1.165, 1.54) is 84.1 Å². The summed E-state index contributed by atoms with van der Waals surface area (Å²) in [6, 6.07) is 0. The Labute approximate surface area is 120 Å². The lowest BCUT2D eigenvalue weighted by Gasteiger charge is -2.34. The minimum absolute atomic E-state index is 0.597. The van der Waals surface area contributed by atoms with Gasteiger partial charge in [0.25, 0.3) is 0 Å². The van der Waals surface area contributed by atoms with Gasteiger partial charge in [-0.15, -0.1) is 0 Å². The van der Waals surface area contributed by atoms with Crippen LogP contribution in [0.25, 0.3) is 0 Å². The van der Waals surface area contributed by atoms with E-state index in [0.29, 0.717) is 5.41 Å². The van der Waals surface area contributed by atoms with Crippen molar-refractivity contribution in [2.75, 3.05) is 32.7 Å². The molecule has 2 unspecified atom stereocenters. The normalized spacial score (nSPS) is 33.5. The quantitative estimate of drug-likeness (QED) is 0.789. The van der Waals surface area contributed by atoms with Gasteiger partial charge >= 0.3 is 0 Å². The van der Waals surface area contributed by atoms with Crippen LogP contribution in [0.4, 0.5) is 0 Å². The molecule has 0 amide bonds. The van der Waals surface area contributed by atoms with Crippen LogP contribution in [0.15, 0.2) is 0 Å². The van der Waals surface area contributed by atoms with Crippen LogP contribution >= 0.6 is 0 Å². The third-order valence-electron chi connectivity index (χ3n) is 5.31. The van der Waals surface area contributed by atoms with E-state index in [-0.39, 0.29) is 0 Å². The Hall–Kier alpha value is -0.0800. The lowest BCUT2D eigenvalue weighted by molar-refractivity contribution is 0.155. The van der Waals surface area contributed by atoms with E-state index in [2.05, 4.69) is 24.1 Å². The first-order chi connectivity index (χ1) is 9.28. The Balaban J connectivity index is 1.84. The summed E-state index contributed by atoms with van der Waals surface area (Å²) in [6.07, 6.45) is 11.3. The smallest absolute Gasteiger partial charge is 0.00506 e. The first-order valence-electron chi connectivity index (χ1n) is 8.71. The van der Waals surface area contributed by atoms with Crippen LogP contribution in [-0.2, 0) is 0 Å². The molecule has 0 aromatic rings. The van der Waals surface area contributed by atoms with Crippen molar-refractivity contribution in [3.8, 4) is 0 Å². The van der Waals surface area contributed by atoms with Crippen LogP contribution in [0, 0.1) is 11.3 Å². The zero-order valence-corrected chi connectivity index (χ0v) is 13.2. The Morgan fingerprint density at radius 2 is 2.05 bits per heavy atom. The second-order valence-electron chi connectivity index (χ2n) is 7.04. The van der Waals surface area contributed by atoms with E-state index < -0.39 is 0 Å². The van der Waals surface area contributed by atoms with Crippen LogP contribution in [0.1, 0.15) is 65.2 Å². The van der Waals surface area contributed by atoms with E-state index in [1.54, 1.807) is 0 Å². The maximum atomic E-state index is 3.61. The summed E-state index contributed by atoms with van der Waals surface area (Å²) in [5.41, 5.74) is 0.597. The van der Waals surface area contributed by atoms with E-state index in [9.17, 15) is 0 Å². The summed E-state index contributed by atoms with van der Waals surface area (Å²) in [4.78, 5) is 2.79. The van der Waals surface area contributed by atoms with Gasteiger partial charge in [-0.05, 0) is 63.1 Å². The highest BCUT2D eigenvalue weighted by Gasteiger charge is 2.34. The number of hydrogen-bond donors (Lipinski definition) is 1. The molecule has 19 heavy (non-hydrogen) atoms. The molecule has 2 saturated heterocycles. The van der Waals surface area contributed by atoms with Crippen molar-refractivity contribution < 1.29 is 0 Å². The Morgan fingerprint density at radius 3 is 2.74 bits per heavy atom. The molecule has 0 saturated carbocycles. The third-order valence-corrected chi connectivity index (χ3v) is 5.31. The topological polar surface area (TPSA) is 15.3 Å². The summed E-state index contributed by atoms with van der Waals surface area (Å²) in [7, 11) is 0. The molecule has 2 aliphatic rings. The molecule has 2 rings (SSSR count). The lowest BCUT2D eigenvalue weighted by atomic mass is 9.82. The van der Waals surface area contributed by atoms with Gasteiger partial charge in [-0.2, -0.15) is 0 Å². The predicted molar refractivity (Wildman–Crippen MR) is 83.5 cm³/mol. The van der Waals surface area contributed by atoms with E-state index >= 15 is 0 Å². The maximum absolute atomic E-state index is 3.61. The molecule has 112 valence electrons. The minimum atomic E-state index is 0.597. The molecule has 0 bridgehead atoms. The molecule has 0 aromatic carbocycles. The molecule has 2 aliphatic heterocycles. The standard InChI is InChI=1S/C17H34N2/c1-3-6-16-7-5-12-19(13-8-16)15-17(9-4-2)10-11-18-14-17/h16,18H,3-15H2,1-2H3. The fourth-order valence-electron chi connectivity index (χ4n) is 4.31. The summed E-state index contributed by atoms with van der Waals surface area (Å²) in [5, 5.41) is 3.61. The van der Waals surface area contributed by atoms with Crippen LogP contribution in [0.5, 0.6) is 0 Å². The van der Waals surface area contributed by atoms with Crippen LogP contribution in [0.2, 0.25) is 0 Å². The van der Waals surface area contributed by atoms with Crippen molar-refractivity contribution in [2.24, 2.45) is 11.3 Å². The minimum Gasteiger partial charge on any atom is -0.316 e. The van der Waals surface area contributed by atoms with Gasteiger partial charge in [0.15, 0.2) is 0 Å². The molecule has 2 heterocycles. The number of rotatable bonds is 6. The highest BCUT2D eigenvalue weighted by molar-refractivity contribution is 4.90. The van der Waals surface area contributed by atoms with Crippen molar-refractivity contribution in [1.29, 1.82) is 0 Å². The number of nitrogens with zero attached hydrogens (tertiary/aromatic N) is 1. The van der Waals surface area contributed by atoms with E-state index in [1.807, 2.05) is 0 Å². The highest BCUT2D eigenvalue weighted by Crippen LogP contribution is 2.33. The second-order valence-corrected chi connectivity index (χ2v) is 7.04. The summed E-state index contributed by atoms with van der Waals surface area (Å²) in [6.45, 7) is 11.2. The average Bonchev–Trinajstić information content (AvgIpc) is 2.73. The molecule has 1 N–H and O–H groups in total. The van der Waals surface area contributed by atoms with Crippen molar-refractivity contribution in [1.82, 2.24) is 10.2 Å². The fraction of sp³-hybridized carbons (Fsp3) is 1.00. The van der Waals surface area contributed by atoms with Gasteiger partial charge < -0.3 is 10.2 Å². The second kappa shape index (κ2) is 7.64. The third kappa shape index (κ3) is 4.46. The average molecular weight is 266 g/mol. The Bertz CT molecular complexity index is 246. The van der Waals surface area contributed by atoms with Crippen molar-refractivity contribution in [2.45, 2.75) is 65.2 Å². The highest BCUT2D eigenvalue weighted by atomic mass is 15.1.